The molecular formula is C32H43N5O4S. The third kappa shape index (κ3) is 8.16. The number of nitrogens with zero attached hydrogens (tertiary/aromatic N) is 5. The van der Waals surface area contributed by atoms with Crippen molar-refractivity contribution in [3.63, 3.8) is 0 Å². The molecule has 1 saturated heterocycles. The zero-order valence-electron chi connectivity index (χ0n) is 25.4. The number of sulfonamides is 1. The number of benzene rings is 2. The Balaban J connectivity index is 1.29. The van der Waals surface area contributed by atoms with E-state index in [4.69, 9.17) is 4.74 Å². The van der Waals surface area contributed by atoms with Crippen LogP contribution in [0.15, 0.2) is 71.8 Å². The van der Waals surface area contributed by atoms with Crippen LogP contribution in [0, 0.1) is 0 Å². The van der Waals surface area contributed by atoms with Crippen LogP contribution in [0.4, 0.5) is 5.82 Å². The molecule has 4 rings (SSSR count). The van der Waals surface area contributed by atoms with Gasteiger partial charge in [-0.25, -0.2) is 22.5 Å². The summed E-state index contributed by atoms with van der Waals surface area (Å²) in [6, 6.07) is 19.5. The highest BCUT2D eigenvalue weighted by Crippen LogP contribution is 2.22. The highest BCUT2D eigenvalue weighted by Gasteiger charge is 2.24. The molecule has 0 radical (unpaired) electrons. The number of pyridine rings is 1. The van der Waals surface area contributed by atoms with Gasteiger partial charge in [-0.15, -0.1) is 0 Å². The Morgan fingerprint density at radius 3 is 2.02 bits per heavy atom. The molecule has 0 bridgehead atoms. The van der Waals surface area contributed by atoms with Crippen molar-refractivity contribution in [2.45, 2.75) is 51.4 Å². The zero-order valence-corrected chi connectivity index (χ0v) is 26.2. The summed E-state index contributed by atoms with van der Waals surface area (Å²) < 4.78 is 31.3. The van der Waals surface area contributed by atoms with E-state index in [0.29, 0.717) is 16.3 Å². The number of aromatic nitrogens is 1. The number of ether oxygens (including phenoxy) is 1. The van der Waals surface area contributed by atoms with Crippen molar-refractivity contribution < 1.29 is 17.9 Å². The molecule has 226 valence electrons. The second-order valence-corrected chi connectivity index (χ2v) is 13.3. The zero-order chi connectivity index (χ0) is 30.3. The van der Waals surface area contributed by atoms with Gasteiger partial charge >= 0.3 is 5.97 Å². The number of piperazine rings is 1. The van der Waals surface area contributed by atoms with E-state index in [1.807, 2.05) is 26.0 Å². The first-order valence-electron chi connectivity index (χ1n) is 14.5. The lowest BCUT2D eigenvalue weighted by molar-refractivity contribution is 0.0378. The molecule has 1 aliphatic heterocycles. The van der Waals surface area contributed by atoms with Gasteiger partial charge in [0.25, 0.3) is 0 Å². The normalized spacial score (nSPS) is 14.6. The first-order valence-corrected chi connectivity index (χ1v) is 16.0. The molecule has 0 amide bonds. The van der Waals surface area contributed by atoms with E-state index < -0.39 is 10.0 Å². The van der Waals surface area contributed by atoms with Crippen LogP contribution in [-0.4, -0.2) is 86.4 Å². The van der Waals surface area contributed by atoms with E-state index in [9.17, 15) is 13.2 Å². The molecule has 2 heterocycles. The predicted octanol–water partition coefficient (Wildman–Crippen LogP) is 4.24. The lowest BCUT2D eigenvalue weighted by Gasteiger charge is -2.36. The van der Waals surface area contributed by atoms with Gasteiger partial charge in [0, 0.05) is 66.1 Å². The van der Waals surface area contributed by atoms with Crippen LogP contribution in [0.2, 0.25) is 0 Å². The number of hydrogen-bond acceptors (Lipinski definition) is 8. The second kappa shape index (κ2) is 14.2. The van der Waals surface area contributed by atoms with Crippen LogP contribution >= 0.6 is 0 Å². The van der Waals surface area contributed by atoms with Crippen molar-refractivity contribution in [2.75, 3.05) is 51.7 Å². The Hall–Kier alpha value is -3.31. The average molecular weight is 594 g/mol. The monoisotopic (exact) mass is 593 g/mol. The van der Waals surface area contributed by atoms with E-state index in [2.05, 4.69) is 50.9 Å². The van der Waals surface area contributed by atoms with Crippen LogP contribution in [0.5, 0.6) is 0 Å². The minimum atomic E-state index is -3.42. The number of carbonyl (C=O) groups excluding carboxylic acids is 1. The quantitative estimate of drug-likeness (QED) is 0.288. The van der Waals surface area contributed by atoms with Crippen molar-refractivity contribution in [2.24, 2.45) is 0 Å². The summed E-state index contributed by atoms with van der Waals surface area (Å²) in [5.41, 5.74) is 4.12. The van der Waals surface area contributed by atoms with Crippen LogP contribution in [0.3, 0.4) is 0 Å². The molecule has 1 fully saturated rings. The van der Waals surface area contributed by atoms with E-state index >= 15 is 0 Å². The van der Waals surface area contributed by atoms with Crippen molar-refractivity contribution in [1.82, 2.24) is 19.1 Å². The SMILES string of the molecule is CCN(Cc1ccc(CN2CCN(c3ncccc3C(=O)OC(C)C)CC2)cc1)Cc1ccc(S(=O)(=O)N(C)C)cc1. The molecular weight excluding hydrogens is 550 g/mol. The van der Waals surface area contributed by atoms with Crippen molar-refractivity contribution in [1.29, 1.82) is 0 Å². The summed E-state index contributed by atoms with van der Waals surface area (Å²) in [6.07, 6.45) is 1.55. The Bertz CT molecular complexity index is 1420. The molecule has 0 N–H and O–H groups in total. The molecule has 2 aromatic carbocycles. The minimum Gasteiger partial charge on any atom is -0.459 e. The average Bonchev–Trinajstić information content (AvgIpc) is 2.98. The van der Waals surface area contributed by atoms with Crippen LogP contribution in [0.25, 0.3) is 0 Å². The molecule has 0 saturated carbocycles. The van der Waals surface area contributed by atoms with Gasteiger partial charge in [0.2, 0.25) is 10.0 Å². The van der Waals surface area contributed by atoms with Gasteiger partial charge in [-0.1, -0.05) is 43.3 Å². The first kappa shape index (κ1) is 31.6. The number of anilines is 1. The maximum atomic E-state index is 12.6. The molecule has 1 aromatic heterocycles. The van der Waals surface area contributed by atoms with Crippen LogP contribution in [0.1, 0.15) is 47.8 Å². The third-order valence-electron chi connectivity index (χ3n) is 7.41. The Labute approximate surface area is 250 Å². The number of rotatable bonds is 12. The van der Waals surface area contributed by atoms with E-state index in [-0.39, 0.29) is 12.1 Å². The van der Waals surface area contributed by atoms with Gasteiger partial charge in [-0.3, -0.25) is 9.80 Å². The summed E-state index contributed by atoms with van der Waals surface area (Å²) in [6.45, 7) is 12.5. The summed E-state index contributed by atoms with van der Waals surface area (Å²) in [4.78, 5) is 24.3. The molecule has 1 aliphatic rings. The summed E-state index contributed by atoms with van der Waals surface area (Å²) in [5, 5.41) is 0. The van der Waals surface area contributed by atoms with Gasteiger partial charge in [0.15, 0.2) is 0 Å². The molecule has 42 heavy (non-hydrogen) atoms. The Morgan fingerprint density at radius 2 is 1.48 bits per heavy atom. The van der Waals surface area contributed by atoms with Gasteiger partial charge in [0.05, 0.1) is 11.0 Å². The highest BCUT2D eigenvalue weighted by molar-refractivity contribution is 7.89. The fourth-order valence-electron chi connectivity index (χ4n) is 4.99. The Morgan fingerprint density at radius 1 is 0.905 bits per heavy atom. The predicted molar refractivity (Wildman–Crippen MR) is 166 cm³/mol. The lowest BCUT2D eigenvalue weighted by atomic mass is 10.1. The summed E-state index contributed by atoms with van der Waals surface area (Å²) >= 11 is 0. The molecule has 9 nitrogen and oxygen atoms in total. The second-order valence-electron chi connectivity index (χ2n) is 11.1. The van der Waals surface area contributed by atoms with E-state index in [0.717, 1.165) is 57.9 Å². The Kier molecular flexibility index (Phi) is 10.7. The first-order chi connectivity index (χ1) is 20.1. The van der Waals surface area contributed by atoms with E-state index in [1.165, 1.54) is 15.4 Å². The minimum absolute atomic E-state index is 0.174. The fourth-order valence-corrected chi connectivity index (χ4v) is 5.89. The maximum absolute atomic E-state index is 12.6. The van der Waals surface area contributed by atoms with Crippen LogP contribution < -0.4 is 4.90 Å². The number of hydrogen-bond donors (Lipinski definition) is 0. The van der Waals surface area contributed by atoms with E-state index in [1.54, 1.807) is 44.6 Å². The van der Waals surface area contributed by atoms with Crippen molar-refractivity contribution >= 4 is 21.8 Å². The van der Waals surface area contributed by atoms with Gasteiger partial charge in [-0.05, 0) is 61.3 Å². The largest absolute Gasteiger partial charge is 0.459 e. The number of esters is 1. The smallest absolute Gasteiger partial charge is 0.342 e. The van der Waals surface area contributed by atoms with Gasteiger partial charge in [0.1, 0.15) is 11.4 Å². The van der Waals surface area contributed by atoms with Gasteiger partial charge < -0.3 is 9.64 Å². The summed E-state index contributed by atoms with van der Waals surface area (Å²) in [7, 11) is -0.335. The standard InChI is InChI=1S/C32H43N5O4S/c1-6-35(23-28-13-15-29(16-14-28)42(39,40)34(4)5)22-26-9-11-27(12-10-26)24-36-18-20-37(21-19-36)31-30(8-7-17-33-31)32(38)41-25(2)3/h7-17,25H,6,18-24H2,1-5H3. The maximum Gasteiger partial charge on any atom is 0.342 e. The van der Waals surface area contributed by atoms with Crippen LogP contribution in [-0.2, 0) is 34.4 Å². The van der Waals surface area contributed by atoms with Crippen molar-refractivity contribution in [3.05, 3.63) is 89.1 Å². The molecule has 3 aromatic rings. The summed E-state index contributed by atoms with van der Waals surface area (Å²) in [5.74, 6) is 0.368. The number of carbonyl (C=O) groups is 1. The fraction of sp³-hybridized carbons (Fsp3) is 0.438. The molecule has 0 spiro atoms. The molecule has 10 heteroatoms. The lowest BCUT2D eigenvalue weighted by Crippen LogP contribution is -2.46. The molecule has 0 unspecified atom stereocenters. The topological polar surface area (TPSA) is 86.3 Å². The highest BCUT2D eigenvalue weighted by atomic mass is 32.2. The van der Waals surface area contributed by atoms with Gasteiger partial charge in [-0.2, -0.15) is 0 Å². The van der Waals surface area contributed by atoms with Crippen molar-refractivity contribution in [3.8, 4) is 0 Å². The molecule has 0 atom stereocenters. The molecule has 0 aliphatic carbocycles. The third-order valence-corrected chi connectivity index (χ3v) is 9.24.